The summed E-state index contributed by atoms with van der Waals surface area (Å²) in [6.45, 7) is 1.91. The molecule has 5 nitrogen and oxygen atoms in total. The third-order valence-corrected chi connectivity index (χ3v) is 3.05. The van der Waals surface area contributed by atoms with Crippen molar-refractivity contribution in [2.45, 2.75) is 13.0 Å². The fourth-order valence-electron chi connectivity index (χ4n) is 1.86. The number of anilines is 1. The number of nitrogens with one attached hydrogen (secondary N) is 1. The Bertz CT molecular complexity index is 596. The van der Waals surface area contributed by atoms with E-state index in [1.54, 1.807) is 25.4 Å². The molecule has 1 amide bonds. The molecule has 20 heavy (non-hydrogen) atoms. The summed E-state index contributed by atoms with van der Waals surface area (Å²) in [4.78, 5) is 16.0. The van der Waals surface area contributed by atoms with Crippen LogP contribution in [0.25, 0.3) is 0 Å². The van der Waals surface area contributed by atoms with Crippen molar-refractivity contribution in [3.63, 3.8) is 0 Å². The molecule has 0 aliphatic rings. The highest BCUT2D eigenvalue weighted by atomic mass is 16.5. The number of methoxy groups -OCH3 is 1. The normalized spacial score (nSPS) is 11.7. The average molecular weight is 271 g/mol. The minimum Gasteiger partial charge on any atom is -0.497 e. The summed E-state index contributed by atoms with van der Waals surface area (Å²) < 4.78 is 5.10. The number of ether oxygens (including phenoxy) is 1. The van der Waals surface area contributed by atoms with Crippen LogP contribution in [0.2, 0.25) is 0 Å². The van der Waals surface area contributed by atoms with E-state index in [0.717, 1.165) is 11.3 Å². The second kappa shape index (κ2) is 6.06. The van der Waals surface area contributed by atoms with Crippen LogP contribution in [0.3, 0.4) is 0 Å². The molecule has 0 saturated heterocycles. The molecule has 0 spiro atoms. The maximum Gasteiger partial charge on any atom is 0.255 e. The maximum atomic E-state index is 12.1. The van der Waals surface area contributed by atoms with Crippen LogP contribution in [0.5, 0.6) is 5.75 Å². The first-order valence-corrected chi connectivity index (χ1v) is 6.27. The molecule has 0 radical (unpaired) electrons. The molecule has 0 fully saturated rings. The van der Waals surface area contributed by atoms with Crippen LogP contribution in [0.1, 0.15) is 28.9 Å². The molecule has 2 rings (SSSR count). The first-order valence-electron chi connectivity index (χ1n) is 6.27. The second-order valence-electron chi connectivity index (χ2n) is 4.40. The lowest BCUT2D eigenvalue weighted by Crippen LogP contribution is -2.27. The van der Waals surface area contributed by atoms with Crippen LogP contribution in [0.4, 0.5) is 5.82 Å². The smallest absolute Gasteiger partial charge is 0.255 e. The highest BCUT2D eigenvalue weighted by molar-refractivity contribution is 5.98. The van der Waals surface area contributed by atoms with Crippen molar-refractivity contribution in [1.82, 2.24) is 10.3 Å². The number of rotatable bonds is 4. The van der Waals surface area contributed by atoms with Gasteiger partial charge in [-0.3, -0.25) is 4.79 Å². The molecule has 0 saturated carbocycles. The molecule has 1 aromatic heterocycles. The van der Waals surface area contributed by atoms with Crippen LogP contribution >= 0.6 is 0 Å². The number of amides is 1. The van der Waals surface area contributed by atoms with Gasteiger partial charge in [-0.2, -0.15) is 0 Å². The molecule has 0 aliphatic carbocycles. The first kappa shape index (κ1) is 13.9. The number of aromatic nitrogens is 1. The van der Waals surface area contributed by atoms with E-state index < -0.39 is 0 Å². The SMILES string of the molecule is COc1ccc(C(C)NC(=O)c2cccnc2N)cc1. The molecule has 1 atom stereocenters. The highest BCUT2D eigenvalue weighted by Gasteiger charge is 2.14. The lowest BCUT2D eigenvalue weighted by Gasteiger charge is -2.15. The zero-order chi connectivity index (χ0) is 14.5. The van der Waals surface area contributed by atoms with Crippen molar-refractivity contribution >= 4 is 11.7 Å². The summed E-state index contributed by atoms with van der Waals surface area (Å²) in [5, 5.41) is 2.89. The van der Waals surface area contributed by atoms with E-state index in [4.69, 9.17) is 10.5 Å². The Morgan fingerprint density at radius 3 is 2.60 bits per heavy atom. The van der Waals surface area contributed by atoms with Crippen LogP contribution < -0.4 is 15.8 Å². The van der Waals surface area contributed by atoms with Gasteiger partial charge in [0.1, 0.15) is 11.6 Å². The molecule has 3 N–H and O–H groups in total. The Labute approximate surface area is 117 Å². The van der Waals surface area contributed by atoms with Gasteiger partial charge in [0.2, 0.25) is 0 Å². The number of hydrogen-bond donors (Lipinski definition) is 2. The third kappa shape index (κ3) is 3.06. The van der Waals surface area contributed by atoms with E-state index in [1.807, 2.05) is 31.2 Å². The summed E-state index contributed by atoms with van der Waals surface area (Å²) in [6, 6.07) is 10.7. The summed E-state index contributed by atoms with van der Waals surface area (Å²) >= 11 is 0. The van der Waals surface area contributed by atoms with Crippen LogP contribution in [0, 0.1) is 0 Å². The molecule has 2 aromatic rings. The molecule has 1 aromatic carbocycles. The van der Waals surface area contributed by atoms with Gasteiger partial charge >= 0.3 is 0 Å². The molecule has 0 bridgehead atoms. The average Bonchev–Trinajstić information content (AvgIpc) is 2.47. The van der Waals surface area contributed by atoms with Gasteiger partial charge in [0.15, 0.2) is 0 Å². The summed E-state index contributed by atoms with van der Waals surface area (Å²) in [5.74, 6) is 0.773. The maximum absolute atomic E-state index is 12.1. The molecule has 1 unspecified atom stereocenters. The van der Waals surface area contributed by atoms with Crippen molar-refractivity contribution < 1.29 is 9.53 Å². The zero-order valence-electron chi connectivity index (χ0n) is 11.5. The quantitative estimate of drug-likeness (QED) is 0.893. The minimum atomic E-state index is -0.237. The molecular weight excluding hydrogens is 254 g/mol. The number of carbonyl (C=O) groups is 1. The van der Waals surface area contributed by atoms with E-state index in [0.29, 0.717) is 5.56 Å². The number of pyridine rings is 1. The van der Waals surface area contributed by atoms with Crippen LogP contribution in [-0.4, -0.2) is 18.0 Å². The lowest BCUT2D eigenvalue weighted by atomic mass is 10.1. The summed E-state index contributed by atoms with van der Waals surface area (Å²) in [5.41, 5.74) is 7.06. The lowest BCUT2D eigenvalue weighted by molar-refractivity contribution is 0.0940. The van der Waals surface area contributed by atoms with Crippen LogP contribution in [-0.2, 0) is 0 Å². The molecular formula is C15H17N3O2. The van der Waals surface area contributed by atoms with Crippen molar-refractivity contribution in [3.8, 4) is 5.75 Å². The standard InChI is InChI=1S/C15H17N3O2/c1-10(11-5-7-12(20-2)8-6-11)18-15(19)13-4-3-9-17-14(13)16/h3-10H,1-2H3,(H2,16,17)(H,18,19). The first-order chi connectivity index (χ1) is 9.61. The second-order valence-corrected chi connectivity index (χ2v) is 4.40. The number of hydrogen-bond acceptors (Lipinski definition) is 4. The number of benzene rings is 1. The van der Waals surface area contributed by atoms with Crippen molar-refractivity contribution in [1.29, 1.82) is 0 Å². The molecule has 0 aliphatic heterocycles. The topological polar surface area (TPSA) is 77.2 Å². The number of carbonyl (C=O) groups excluding carboxylic acids is 1. The van der Waals surface area contributed by atoms with Crippen molar-refractivity contribution in [3.05, 3.63) is 53.7 Å². The summed E-state index contributed by atoms with van der Waals surface area (Å²) in [6.07, 6.45) is 1.55. The van der Waals surface area contributed by atoms with Crippen molar-refractivity contribution in [2.75, 3.05) is 12.8 Å². The van der Waals surface area contributed by atoms with Gasteiger partial charge < -0.3 is 15.8 Å². The Kier molecular flexibility index (Phi) is 4.20. The van der Waals surface area contributed by atoms with Gasteiger partial charge in [0.25, 0.3) is 5.91 Å². The summed E-state index contributed by atoms with van der Waals surface area (Å²) in [7, 11) is 1.62. The van der Waals surface area contributed by atoms with E-state index in [9.17, 15) is 4.79 Å². The fraction of sp³-hybridized carbons (Fsp3) is 0.200. The van der Waals surface area contributed by atoms with E-state index in [1.165, 1.54) is 0 Å². The van der Waals surface area contributed by atoms with Gasteiger partial charge in [-0.1, -0.05) is 12.1 Å². The molecule has 104 valence electrons. The van der Waals surface area contributed by atoms with Crippen LogP contribution in [0.15, 0.2) is 42.6 Å². The monoisotopic (exact) mass is 271 g/mol. The van der Waals surface area contributed by atoms with Gasteiger partial charge in [-0.25, -0.2) is 4.98 Å². The van der Waals surface area contributed by atoms with E-state index in [-0.39, 0.29) is 17.8 Å². The largest absolute Gasteiger partial charge is 0.497 e. The van der Waals surface area contributed by atoms with Gasteiger partial charge in [0.05, 0.1) is 18.7 Å². The van der Waals surface area contributed by atoms with E-state index in [2.05, 4.69) is 10.3 Å². The Morgan fingerprint density at radius 1 is 1.30 bits per heavy atom. The predicted octanol–water partition coefficient (Wildman–Crippen LogP) is 2.16. The predicted molar refractivity (Wildman–Crippen MR) is 77.5 cm³/mol. The molecule has 1 heterocycles. The number of nitrogens with two attached hydrogens (primary N) is 1. The number of nitrogens with zero attached hydrogens (tertiary/aromatic N) is 1. The van der Waals surface area contributed by atoms with Gasteiger partial charge in [-0.05, 0) is 36.8 Å². The Balaban J connectivity index is 2.09. The van der Waals surface area contributed by atoms with Crippen molar-refractivity contribution in [2.24, 2.45) is 0 Å². The van der Waals surface area contributed by atoms with E-state index >= 15 is 0 Å². The highest BCUT2D eigenvalue weighted by Crippen LogP contribution is 2.18. The zero-order valence-corrected chi connectivity index (χ0v) is 11.5. The Morgan fingerprint density at radius 2 is 2.00 bits per heavy atom. The minimum absolute atomic E-state index is 0.131. The molecule has 5 heteroatoms. The Hall–Kier alpha value is -2.56. The third-order valence-electron chi connectivity index (χ3n) is 3.05. The fourth-order valence-corrected chi connectivity index (χ4v) is 1.86. The van der Waals surface area contributed by atoms with Gasteiger partial charge in [-0.15, -0.1) is 0 Å². The number of nitrogen functional groups attached to an aromatic ring is 1. The van der Waals surface area contributed by atoms with Gasteiger partial charge in [0, 0.05) is 6.20 Å².